The summed E-state index contributed by atoms with van der Waals surface area (Å²) in [6, 6.07) is 5.43. The minimum atomic E-state index is -8.39. The summed E-state index contributed by atoms with van der Waals surface area (Å²) in [5.74, 6) is -158. The number of nitrogens with zero attached hydrogens (tertiary/aromatic N) is 2. The van der Waals surface area contributed by atoms with Gasteiger partial charge in [-0.05, 0) is 37.0 Å². The van der Waals surface area contributed by atoms with E-state index >= 15 is 35.1 Å². The van der Waals surface area contributed by atoms with Gasteiger partial charge in [-0.2, -0.15) is 250 Å². The summed E-state index contributed by atoms with van der Waals surface area (Å²) < 4.78 is 742. The lowest BCUT2D eigenvalue weighted by Crippen LogP contribution is -2.75. The normalized spacial score (nSPS) is 15.5. The van der Waals surface area contributed by atoms with E-state index in [1.54, 1.807) is 0 Å². The van der Waals surface area contributed by atoms with Gasteiger partial charge in [0, 0.05) is 25.7 Å². The molecule has 0 aliphatic rings. The smallest absolute Gasteiger partial charge is 0.240 e. The molecule has 776 valence electrons. The van der Waals surface area contributed by atoms with E-state index in [1.165, 1.54) is 45.1 Å². The molecule has 2 nitrogen and oxygen atoms in total. The second kappa shape index (κ2) is 38.0. The molecule has 0 fully saturated rings. The topological polar surface area (TPSA) is 8.81 Å². The first kappa shape index (κ1) is 121. The molecule has 0 N–H and O–H groups in total. The third kappa shape index (κ3) is 21.3. The van der Waals surface area contributed by atoms with E-state index in [4.69, 9.17) is 0 Å². The molecule has 0 saturated carbocycles. The van der Waals surface area contributed by atoms with Crippen molar-refractivity contribution in [2.45, 2.75) is 297 Å². The average Bonchev–Trinajstić information content (AvgIpc) is 0.862. The Labute approximate surface area is 736 Å². The van der Waals surface area contributed by atoms with Crippen molar-refractivity contribution in [3.63, 3.8) is 0 Å². The summed E-state index contributed by atoms with van der Waals surface area (Å²) in [4.78, 5) is 0. The van der Waals surface area contributed by atoms with Crippen molar-refractivity contribution in [1.29, 1.82) is 0 Å². The highest BCUT2D eigenvalue weighted by Gasteiger charge is 2.95. The molecule has 1 aromatic heterocycles. The summed E-state index contributed by atoms with van der Waals surface area (Å²) in [5, 5.41) is -1.93. The van der Waals surface area contributed by atoms with Gasteiger partial charge >= 0.3 is 143 Å². The predicted octanol–water partition coefficient (Wildman–Crippen LogP) is 25.9. The first-order valence-electron chi connectivity index (χ1n) is 38.9. The van der Waals surface area contributed by atoms with Gasteiger partial charge in [0.2, 0.25) is 6.33 Å². The van der Waals surface area contributed by atoms with E-state index in [2.05, 4.69) is 41.8 Å². The average molecular weight is 2130 g/mol. The standard InChI is InChI=1S/C64H56BF52Si4.C12H23N2/c1-118(2,29-25-41(66,67)45(74,75)49(82,83)53(90,91)57(98,99)61(106,107)108)37-17-9-33(10-18-37)65(34-11-19-38(20-12-34)119(3,4)30-26-42(68,69)46(76,77)50(84,85)54(92,93)58(100,101)62(109,110)111,35-13-21-39(22-14-35)120(5,6)31-27-43(70,71)47(78,79)51(86,87)55(94,95)59(102,103)63(112,113)114)36-15-23-40(24-16-36)121(7,8)32-28-44(72,73)48(80,81)52(88,89)56(96,97)60(104,105)64(115,116)117;1-3-4-5-6-7-8-9-14-11-10-13(2)12-14/h9-24H,25-32H2,1-8H3;10-12H,3-9H2,1-2H3/q-1;+1. The van der Waals surface area contributed by atoms with Gasteiger partial charge in [-0.3, -0.25) is 0 Å². The van der Waals surface area contributed by atoms with Gasteiger partial charge in [0.15, 0.2) is 0 Å². The van der Waals surface area contributed by atoms with Crippen LogP contribution in [0.3, 0.4) is 0 Å². The Hall–Kier alpha value is -6.62. The molecule has 135 heavy (non-hydrogen) atoms. The van der Waals surface area contributed by atoms with E-state index in [9.17, 15) is 193 Å². The number of rotatable bonds is 43. The third-order valence-corrected chi connectivity index (χ3v) is 37.2. The van der Waals surface area contributed by atoms with E-state index < -0.39 is 274 Å². The maximum absolute atomic E-state index is 15.4. The van der Waals surface area contributed by atoms with Crippen LogP contribution in [0.4, 0.5) is 228 Å². The fourth-order valence-corrected chi connectivity index (χ4v) is 23.2. The van der Waals surface area contributed by atoms with Gasteiger partial charge in [-0.1, -0.05) is 203 Å². The monoisotopic (exact) mass is 2130 g/mol. The minimum absolute atomic E-state index is 0.483. The molecule has 0 atom stereocenters. The predicted molar refractivity (Wildman–Crippen MR) is 398 cm³/mol. The number of unbranched alkanes of at least 4 members (excludes halogenated alkanes) is 5. The number of hydrogen-bond acceptors (Lipinski definition) is 0. The van der Waals surface area contributed by atoms with Crippen LogP contribution < -0.4 is 47.2 Å². The molecular formula is C76H79BF52N2Si4. The fourth-order valence-electron chi connectivity index (χ4n) is 14.0. The van der Waals surface area contributed by atoms with Crippen LogP contribution in [-0.4, -0.2) is 186 Å². The maximum atomic E-state index is 15.4. The van der Waals surface area contributed by atoms with Crippen LogP contribution in [0.2, 0.25) is 76.6 Å². The molecule has 0 unspecified atom stereocenters. The second-order valence-electron chi connectivity index (χ2n) is 35.0. The summed E-state index contributed by atoms with van der Waals surface area (Å²) in [6.45, 7) is 9.97. The summed E-state index contributed by atoms with van der Waals surface area (Å²) in [6.07, 6.45) is -32.0. The maximum Gasteiger partial charge on any atom is 0.460 e. The number of imidazole rings is 1. The van der Waals surface area contributed by atoms with Crippen LogP contribution in [0.1, 0.15) is 71.1 Å². The van der Waals surface area contributed by atoms with Crippen LogP contribution in [0.5, 0.6) is 0 Å². The summed E-state index contributed by atoms with van der Waals surface area (Å²) >= 11 is 0. The largest absolute Gasteiger partial charge is 0.460 e. The molecule has 5 aromatic rings. The Bertz CT molecular complexity index is 4190. The Morgan fingerprint density at radius 2 is 0.407 bits per heavy atom. The number of aromatic nitrogens is 2. The Kier molecular flexibility index (Phi) is 34.0. The first-order valence-corrected chi connectivity index (χ1v) is 51.8. The fraction of sp³-hybridized carbons (Fsp3) is 0.645. The number of alkyl halides is 52. The summed E-state index contributed by atoms with van der Waals surface area (Å²) in [5.41, 5.74) is -2.01. The molecule has 0 spiro atoms. The van der Waals surface area contributed by atoms with Crippen LogP contribution in [0, 0.1) is 0 Å². The molecule has 0 aliphatic heterocycles. The minimum Gasteiger partial charge on any atom is -0.240 e. The zero-order chi connectivity index (χ0) is 106. The van der Waals surface area contributed by atoms with Gasteiger partial charge < -0.3 is 0 Å². The number of aryl methyl sites for hydroxylation is 2. The molecule has 0 bridgehead atoms. The lowest BCUT2D eigenvalue weighted by molar-refractivity contribution is -0.696. The van der Waals surface area contributed by atoms with Crippen molar-refractivity contribution in [3.8, 4) is 0 Å². The molecule has 5 rings (SSSR count). The van der Waals surface area contributed by atoms with Gasteiger partial charge in [-0.15, -0.1) is 0 Å². The van der Waals surface area contributed by atoms with E-state index in [0.29, 0.717) is 0 Å². The Balaban J connectivity index is 0.00000248. The van der Waals surface area contributed by atoms with E-state index in [-0.39, 0.29) is 0 Å². The summed E-state index contributed by atoms with van der Waals surface area (Å²) in [7, 11) is -15.4. The molecule has 0 amide bonds. The molecule has 0 aliphatic carbocycles. The van der Waals surface area contributed by atoms with Crippen molar-refractivity contribution in [2.75, 3.05) is 0 Å². The molecule has 1 heterocycles. The number of halogens is 52. The number of hydrogen-bond donors (Lipinski definition) is 0. The molecular weight excluding hydrogens is 2050 g/mol. The van der Waals surface area contributed by atoms with Gasteiger partial charge in [-0.25, -0.2) is 9.13 Å². The van der Waals surface area contributed by atoms with E-state index in [0.717, 1.165) is 149 Å². The van der Waals surface area contributed by atoms with Crippen molar-refractivity contribution in [2.24, 2.45) is 7.05 Å². The highest BCUT2D eigenvalue weighted by atomic mass is 28.3. The van der Waals surface area contributed by atoms with Crippen molar-refractivity contribution in [1.82, 2.24) is 4.57 Å². The van der Waals surface area contributed by atoms with Crippen molar-refractivity contribution in [3.05, 3.63) is 116 Å². The highest BCUT2D eigenvalue weighted by molar-refractivity contribution is 7.20. The lowest BCUT2D eigenvalue weighted by Gasteiger charge is -2.45. The highest BCUT2D eigenvalue weighted by Crippen LogP contribution is 2.67. The lowest BCUT2D eigenvalue weighted by atomic mass is 9.13. The first-order chi connectivity index (χ1) is 59.5. The molecule has 0 radical (unpaired) electrons. The van der Waals surface area contributed by atoms with Crippen LogP contribution in [-0.2, 0) is 13.6 Å². The Morgan fingerprint density at radius 1 is 0.237 bits per heavy atom. The zero-order valence-electron chi connectivity index (χ0n) is 70.7. The quantitative estimate of drug-likeness (QED) is 0.0159. The van der Waals surface area contributed by atoms with Gasteiger partial charge in [0.05, 0.1) is 45.9 Å². The van der Waals surface area contributed by atoms with Crippen LogP contribution >= 0.6 is 0 Å². The van der Waals surface area contributed by atoms with Gasteiger partial charge in [0.1, 0.15) is 18.5 Å². The SMILES string of the molecule is CCCCCCCC[n+]1ccn(C)c1.C[Si](C)(CCC(F)(F)C(F)(F)C(F)(F)C(F)(F)C(F)(F)C(F)(F)F)c1ccc([B-](c2ccc([Si](C)(C)CCC(F)(F)C(F)(F)C(F)(F)C(F)(F)C(F)(F)C(F)(F)F)cc2)(c2ccc([Si](C)(C)CCC(F)(F)C(F)(F)C(F)(F)C(F)(F)C(F)(F)C(F)(F)F)cc2)c2ccc([Si](C)(C)CCC(F)(F)C(F)(F)C(F)(F)C(F)(F)C(F)(F)C(F)(F)F)cc2)cc1. The van der Waals surface area contributed by atoms with Crippen molar-refractivity contribution >= 4 is 81.0 Å². The molecule has 4 aromatic carbocycles. The van der Waals surface area contributed by atoms with Gasteiger partial charge in [0.25, 0.3) is 0 Å². The van der Waals surface area contributed by atoms with E-state index in [1.807, 2.05) is 0 Å². The molecule has 59 heteroatoms. The third-order valence-electron chi connectivity index (χ3n) is 23.6. The molecule has 0 saturated heterocycles. The number of benzene rings is 4. The second-order valence-corrected chi connectivity index (χ2v) is 54.4. The zero-order valence-corrected chi connectivity index (χ0v) is 74.7. The van der Waals surface area contributed by atoms with Crippen molar-refractivity contribution < 1.29 is 233 Å². The van der Waals surface area contributed by atoms with Crippen LogP contribution in [0.25, 0.3) is 0 Å². The Morgan fingerprint density at radius 3 is 0.570 bits per heavy atom. The van der Waals surface area contributed by atoms with Crippen LogP contribution in [0.15, 0.2) is 116 Å².